The SMILES string of the molecule is CCC(C)(C)OC(=O)NCCCCCCCCCNC(=O)OC(C)(C)CC. The Morgan fingerprint density at radius 2 is 0.926 bits per heavy atom. The summed E-state index contributed by atoms with van der Waals surface area (Å²) in [6.07, 6.45) is 8.62. The van der Waals surface area contributed by atoms with Crippen LogP contribution in [-0.2, 0) is 9.47 Å². The van der Waals surface area contributed by atoms with Crippen LogP contribution in [0, 0.1) is 0 Å². The molecule has 0 unspecified atom stereocenters. The quantitative estimate of drug-likeness (QED) is 0.384. The molecule has 6 nitrogen and oxygen atoms in total. The van der Waals surface area contributed by atoms with E-state index in [0.29, 0.717) is 13.1 Å². The Kier molecular flexibility index (Phi) is 12.9. The van der Waals surface area contributed by atoms with E-state index in [9.17, 15) is 9.59 Å². The maximum Gasteiger partial charge on any atom is 0.407 e. The van der Waals surface area contributed by atoms with Gasteiger partial charge in [0.15, 0.2) is 0 Å². The molecule has 0 aliphatic heterocycles. The monoisotopic (exact) mass is 386 g/mol. The third kappa shape index (κ3) is 15.3. The van der Waals surface area contributed by atoms with E-state index in [2.05, 4.69) is 10.6 Å². The summed E-state index contributed by atoms with van der Waals surface area (Å²) in [6, 6.07) is 0. The Morgan fingerprint density at radius 3 is 1.22 bits per heavy atom. The molecule has 0 aromatic carbocycles. The van der Waals surface area contributed by atoms with Crippen LogP contribution >= 0.6 is 0 Å². The Hall–Kier alpha value is -1.46. The molecular formula is C21H42N2O4. The van der Waals surface area contributed by atoms with E-state index in [4.69, 9.17) is 9.47 Å². The zero-order chi connectivity index (χ0) is 20.8. The molecule has 0 aliphatic rings. The summed E-state index contributed by atoms with van der Waals surface area (Å²) in [5, 5.41) is 5.62. The molecule has 0 aliphatic carbocycles. The molecule has 0 bridgehead atoms. The van der Waals surface area contributed by atoms with E-state index in [1.807, 2.05) is 41.5 Å². The molecule has 0 saturated carbocycles. The van der Waals surface area contributed by atoms with E-state index in [0.717, 1.165) is 51.4 Å². The molecule has 27 heavy (non-hydrogen) atoms. The fourth-order valence-electron chi connectivity index (χ4n) is 2.23. The highest BCUT2D eigenvalue weighted by Gasteiger charge is 2.20. The minimum atomic E-state index is -0.401. The van der Waals surface area contributed by atoms with Gasteiger partial charge < -0.3 is 20.1 Å². The van der Waals surface area contributed by atoms with Gasteiger partial charge in [-0.05, 0) is 53.4 Å². The van der Waals surface area contributed by atoms with Crippen molar-refractivity contribution < 1.29 is 19.1 Å². The lowest BCUT2D eigenvalue weighted by molar-refractivity contribution is 0.0353. The molecule has 0 aromatic rings. The maximum absolute atomic E-state index is 11.6. The van der Waals surface area contributed by atoms with Gasteiger partial charge in [-0.25, -0.2) is 9.59 Å². The molecule has 0 radical (unpaired) electrons. The van der Waals surface area contributed by atoms with Crippen molar-refractivity contribution in [3.63, 3.8) is 0 Å². The Balaban J connectivity index is 3.43. The van der Waals surface area contributed by atoms with Crippen LogP contribution < -0.4 is 10.6 Å². The largest absolute Gasteiger partial charge is 0.444 e. The second-order valence-corrected chi connectivity index (χ2v) is 8.33. The highest BCUT2D eigenvalue weighted by atomic mass is 16.6. The molecule has 0 rings (SSSR count). The number of carbonyl (C=O) groups excluding carboxylic acids is 2. The van der Waals surface area contributed by atoms with E-state index in [1.165, 1.54) is 6.42 Å². The first-order valence-electron chi connectivity index (χ1n) is 10.6. The molecule has 0 spiro atoms. The summed E-state index contributed by atoms with van der Waals surface area (Å²) in [6.45, 7) is 13.0. The highest BCUT2D eigenvalue weighted by molar-refractivity contribution is 5.67. The van der Waals surface area contributed by atoms with Crippen molar-refractivity contribution in [1.82, 2.24) is 10.6 Å². The number of nitrogens with one attached hydrogen (secondary N) is 2. The van der Waals surface area contributed by atoms with E-state index < -0.39 is 11.2 Å². The minimum Gasteiger partial charge on any atom is -0.444 e. The van der Waals surface area contributed by atoms with Gasteiger partial charge in [-0.1, -0.05) is 46.0 Å². The first-order valence-corrected chi connectivity index (χ1v) is 10.6. The van der Waals surface area contributed by atoms with Crippen molar-refractivity contribution >= 4 is 12.2 Å². The Morgan fingerprint density at radius 1 is 0.630 bits per heavy atom. The van der Waals surface area contributed by atoms with Gasteiger partial charge in [0, 0.05) is 13.1 Å². The number of rotatable bonds is 14. The molecule has 0 fully saturated rings. The van der Waals surface area contributed by atoms with Gasteiger partial charge in [-0.3, -0.25) is 0 Å². The zero-order valence-corrected chi connectivity index (χ0v) is 18.4. The van der Waals surface area contributed by atoms with Gasteiger partial charge in [0.1, 0.15) is 11.2 Å². The normalized spacial score (nSPS) is 11.8. The van der Waals surface area contributed by atoms with Gasteiger partial charge in [-0.15, -0.1) is 0 Å². The van der Waals surface area contributed by atoms with Crippen LogP contribution in [-0.4, -0.2) is 36.5 Å². The summed E-state index contributed by atoms with van der Waals surface area (Å²) in [5.41, 5.74) is -0.802. The van der Waals surface area contributed by atoms with Gasteiger partial charge in [-0.2, -0.15) is 0 Å². The molecule has 0 heterocycles. The van der Waals surface area contributed by atoms with Gasteiger partial charge in [0.2, 0.25) is 0 Å². The van der Waals surface area contributed by atoms with E-state index >= 15 is 0 Å². The second kappa shape index (κ2) is 13.7. The predicted molar refractivity (Wildman–Crippen MR) is 110 cm³/mol. The molecular weight excluding hydrogens is 344 g/mol. The van der Waals surface area contributed by atoms with Crippen molar-refractivity contribution in [2.75, 3.05) is 13.1 Å². The first-order chi connectivity index (χ1) is 12.6. The van der Waals surface area contributed by atoms with Crippen LogP contribution in [0.25, 0.3) is 0 Å². The number of hydrogen-bond acceptors (Lipinski definition) is 4. The van der Waals surface area contributed by atoms with Crippen LogP contribution in [0.15, 0.2) is 0 Å². The number of amides is 2. The van der Waals surface area contributed by atoms with Crippen LogP contribution in [0.1, 0.15) is 99.3 Å². The lowest BCUT2D eigenvalue weighted by Crippen LogP contribution is -2.34. The average molecular weight is 387 g/mol. The van der Waals surface area contributed by atoms with E-state index in [-0.39, 0.29) is 12.2 Å². The van der Waals surface area contributed by atoms with Gasteiger partial charge in [0.25, 0.3) is 0 Å². The predicted octanol–water partition coefficient (Wildman–Crippen LogP) is 5.55. The van der Waals surface area contributed by atoms with Crippen molar-refractivity contribution in [3.8, 4) is 0 Å². The number of unbranched alkanes of at least 4 members (excludes halogenated alkanes) is 6. The highest BCUT2D eigenvalue weighted by Crippen LogP contribution is 2.14. The average Bonchev–Trinajstić information content (AvgIpc) is 2.58. The first kappa shape index (κ1) is 25.5. The second-order valence-electron chi connectivity index (χ2n) is 8.33. The molecule has 0 saturated heterocycles. The third-order valence-electron chi connectivity index (χ3n) is 4.83. The summed E-state index contributed by atoms with van der Waals surface area (Å²) in [5.74, 6) is 0. The fraction of sp³-hybridized carbons (Fsp3) is 0.905. The molecule has 0 atom stereocenters. The number of hydrogen-bond donors (Lipinski definition) is 2. The van der Waals surface area contributed by atoms with Crippen molar-refractivity contribution in [1.29, 1.82) is 0 Å². The van der Waals surface area contributed by atoms with E-state index in [1.54, 1.807) is 0 Å². The molecule has 160 valence electrons. The van der Waals surface area contributed by atoms with Crippen molar-refractivity contribution in [2.45, 2.75) is 111 Å². The van der Waals surface area contributed by atoms with Crippen molar-refractivity contribution in [3.05, 3.63) is 0 Å². The summed E-state index contributed by atoms with van der Waals surface area (Å²) in [4.78, 5) is 23.2. The zero-order valence-electron chi connectivity index (χ0n) is 18.4. The van der Waals surface area contributed by atoms with Gasteiger partial charge >= 0.3 is 12.2 Å². The Labute approximate surface area is 166 Å². The van der Waals surface area contributed by atoms with Gasteiger partial charge in [0.05, 0.1) is 0 Å². The minimum absolute atomic E-state index is 0.324. The lowest BCUT2D eigenvalue weighted by Gasteiger charge is -2.23. The smallest absolute Gasteiger partial charge is 0.407 e. The lowest BCUT2D eigenvalue weighted by atomic mass is 10.1. The topological polar surface area (TPSA) is 76.7 Å². The summed E-state index contributed by atoms with van der Waals surface area (Å²) >= 11 is 0. The van der Waals surface area contributed by atoms with Crippen LogP contribution in [0.3, 0.4) is 0 Å². The standard InChI is InChI=1S/C21H42N2O4/c1-7-20(3,4)26-18(24)22-16-14-12-10-9-11-13-15-17-23-19(25)27-21(5,6)8-2/h7-17H2,1-6H3,(H,22,24)(H,23,25). The Bertz CT molecular complexity index is 384. The summed E-state index contributed by atoms with van der Waals surface area (Å²) in [7, 11) is 0. The van der Waals surface area contributed by atoms with Crippen LogP contribution in [0.2, 0.25) is 0 Å². The number of carbonyl (C=O) groups is 2. The molecule has 6 heteroatoms. The fourth-order valence-corrected chi connectivity index (χ4v) is 2.23. The number of ether oxygens (including phenoxy) is 2. The third-order valence-corrected chi connectivity index (χ3v) is 4.83. The maximum atomic E-state index is 11.6. The molecule has 2 N–H and O–H groups in total. The summed E-state index contributed by atoms with van der Waals surface area (Å²) < 4.78 is 10.7. The van der Waals surface area contributed by atoms with Crippen molar-refractivity contribution in [2.24, 2.45) is 0 Å². The van der Waals surface area contributed by atoms with Crippen LogP contribution in [0.5, 0.6) is 0 Å². The van der Waals surface area contributed by atoms with Crippen LogP contribution in [0.4, 0.5) is 9.59 Å². The molecule has 2 amide bonds. The number of alkyl carbamates (subject to hydrolysis) is 2. The molecule has 0 aromatic heterocycles.